The smallest absolute Gasteiger partial charge is 0.228 e. The number of likely N-dealkylation sites (N-methyl/N-ethyl adjacent to an activating group) is 1. The van der Waals surface area contributed by atoms with Crippen molar-refractivity contribution in [3.05, 3.63) is 41.2 Å². The Hall–Kier alpha value is -1.75. The minimum Gasteiger partial charge on any atom is -0.340 e. The minimum absolute atomic E-state index is 0.0444. The SMILES string of the molecule is CCC(C)(C)N(C)C(=O)Cc1csc(-c2cccc(F)c2)n1. The van der Waals surface area contributed by atoms with Gasteiger partial charge in [0, 0.05) is 23.5 Å². The second kappa shape index (κ2) is 6.57. The predicted molar refractivity (Wildman–Crippen MR) is 88.4 cm³/mol. The molecule has 0 atom stereocenters. The molecular weight excluding hydrogens is 299 g/mol. The van der Waals surface area contributed by atoms with Crippen LogP contribution in [0.1, 0.15) is 32.9 Å². The Labute approximate surface area is 134 Å². The van der Waals surface area contributed by atoms with E-state index in [0.717, 1.165) is 22.7 Å². The molecule has 0 bridgehead atoms. The Kier molecular flexibility index (Phi) is 4.96. The number of hydrogen-bond donors (Lipinski definition) is 0. The van der Waals surface area contributed by atoms with Crippen molar-refractivity contribution < 1.29 is 9.18 Å². The Balaban J connectivity index is 2.11. The van der Waals surface area contributed by atoms with Crippen LogP contribution >= 0.6 is 11.3 Å². The quantitative estimate of drug-likeness (QED) is 0.829. The standard InChI is InChI=1S/C17H21FN2OS/c1-5-17(2,3)20(4)15(21)10-14-11-22-16(19-14)12-7-6-8-13(18)9-12/h6-9,11H,5,10H2,1-4H3. The zero-order valence-electron chi connectivity index (χ0n) is 13.4. The van der Waals surface area contributed by atoms with Crippen molar-refractivity contribution in [3.63, 3.8) is 0 Å². The lowest BCUT2D eigenvalue weighted by Crippen LogP contribution is -2.45. The first-order valence-corrected chi connectivity index (χ1v) is 8.18. The summed E-state index contributed by atoms with van der Waals surface area (Å²) >= 11 is 1.43. The zero-order valence-corrected chi connectivity index (χ0v) is 14.2. The van der Waals surface area contributed by atoms with Crippen LogP contribution in [0.2, 0.25) is 0 Å². The molecule has 0 aliphatic rings. The molecule has 0 aliphatic carbocycles. The van der Waals surface area contributed by atoms with Crippen molar-refractivity contribution in [3.8, 4) is 10.6 Å². The number of amides is 1. The van der Waals surface area contributed by atoms with Crippen LogP contribution < -0.4 is 0 Å². The van der Waals surface area contributed by atoms with Gasteiger partial charge in [-0.2, -0.15) is 0 Å². The third kappa shape index (κ3) is 3.71. The van der Waals surface area contributed by atoms with Gasteiger partial charge in [0.1, 0.15) is 10.8 Å². The van der Waals surface area contributed by atoms with E-state index in [4.69, 9.17) is 0 Å². The molecule has 0 aliphatic heterocycles. The van der Waals surface area contributed by atoms with E-state index in [1.807, 2.05) is 32.3 Å². The fourth-order valence-electron chi connectivity index (χ4n) is 1.99. The predicted octanol–water partition coefficient (Wildman–Crippen LogP) is 4.14. The van der Waals surface area contributed by atoms with Crippen LogP contribution in [-0.2, 0) is 11.2 Å². The van der Waals surface area contributed by atoms with Crippen LogP contribution in [-0.4, -0.2) is 28.4 Å². The second-order valence-electron chi connectivity index (χ2n) is 5.95. The molecule has 118 valence electrons. The van der Waals surface area contributed by atoms with E-state index in [1.165, 1.54) is 23.5 Å². The summed E-state index contributed by atoms with van der Waals surface area (Å²) in [5.74, 6) is -0.238. The van der Waals surface area contributed by atoms with E-state index in [2.05, 4.69) is 11.9 Å². The van der Waals surface area contributed by atoms with Gasteiger partial charge < -0.3 is 4.90 Å². The Morgan fingerprint density at radius 2 is 2.14 bits per heavy atom. The normalized spacial score (nSPS) is 11.5. The van der Waals surface area contributed by atoms with E-state index < -0.39 is 0 Å². The highest BCUT2D eigenvalue weighted by molar-refractivity contribution is 7.13. The van der Waals surface area contributed by atoms with Crippen LogP contribution in [0.3, 0.4) is 0 Å². The Morgan fingerprint density at radius 3 is 2.77 bits per heavy atom. The van der Waals surface area contributed by atoms with Gasteiger partial charge in [0.15, 0.2) is 0 Å². The molecule has 2 aromatic rings. The van der Waals surface area contributed by atoms with Gasteiger partial charge in [-0.3, -0.25) is 4.79 Å². The summed E-state index contributed by atoms with van der Waals surface area (Å²) < 4.78 is 13.3. The van der Waals surface area contributed by atoms with Crippen molar-refractivity contribution in [2.45, 2.75) is 39.2 Å². The summed E-state index contributed by atoms with van der Waals surface area (Å²) in [6.45, 7) is 6.16. The lowest BCUT2D eigenvalue weighted by Gasteiger charge is -2.34. The third-order valence-corrected chi connectivity index (χ3v) is 5.04. The van der Waals surface area contributed by atoms with E-state index in [9.17, 15) is 9.18 Å². The lowest BCUT2D eigenvalue weighted by atomic mass is 9.99. The van der Waals surface area contributed by atoms with Gasteiger partial charge in [-0.15, -0.1) is 11.3 Å². The van der Waals surface area contributed by atoms with Crippen molar-refractivity contribution in [2.75, 3.05) is 7.05 Å². The maximum atomic E-state index is 13.3. The first kappa shape index (κ1) is 16.6. The van der Waals surface area contributed by atoms with Crippen LogP contribution in [0.15, 0.2) is 29.6 Å². The lowest BCUT2D eigenvalue weighted by molar-refractivity contribution is -0.134. The average molecular weight is 320 g/mol. The summed E-state index contributed by atoms with van der Waals surface area (Å²) in [7, 11) is 1.83. The van der Waals surface area contributed by atoms with Gasteiger partial charge in [0.2, 0.25) is 5.91 Å². The molecule has 1 heterocycles. The maximum Gasteiger partial charge on any atom is 0.228 e. The molecule has 1 aromatic carbocycles. The summed E-state index contributed by atoms with van der Waals surface area (Å²) in [6.07, 6.45) is 1.16. The summed E-state index contributed by atoms with van der Waals surface area (Å²) in [5, 5.41) is 2.60. The largest absolute Gasteiger partial charge is 0.340 e. The summed E-state index contributed by atoms with van der Waals surface area (Å²) in [4.78, 5) is 18.6. The van der Waals surface area contributed by atoms with Crippen LogP contribution in [0.4, 0.5) is 4.39 Å². The molecule has 0 radical (unpaired) electrons. The summed E-state index contributed by atoms with van der Waals surface area (Å²) in [5.41, 5.74) is 1.30. The molecule has 0 unspecified atom stereocenters. The number of carbonyl (C=O) groups is 1. The first-order valence-electron chi connectivity index (χ1n) is 7.30. The molecule has 0 spiro atoms. The molecule has 0 N–H and O–H groups in total. The van der Waals surface area contributed by atoms with E-state index >= 15 is 0 Å². The molecule has 0 saturated heterocycles. The van der Waals surface area contributed by atoms with Crippen molar-refractivity contribution in [1.82, 2.24) is 9.88 Å². The number of halogens is 1. The van der Waals surface area contributed by atoms with Gasteiger partial charge in [0.25, 0.3) is 0 Å². The van der Waals surface area contributed by atoms with Crippen LogP contribution in [0.25, 0.3) is 10.6 Å². The van der Waals surface area contributed by atoms with Gasteiger partial charge in [-0.25, -0.2) is 9.37 Å². The Bertz CT molecular complexity index is 666. The molecule has 0 fully saturated rings. The third-order valence-electron chi connectivity index (χ3n) is 4.10. The van der Waals surface area contributed by atoms with E-state index in [1.54, 1.807) is 11.0 Å². The van der Waals surface area contributed by atoms with Crippen molar-refractivity contribution in [2.24, 2.45) is 0 Å². The first-order chi connectivity index (χ1) is 10.3. The highest BCUT2D eigenvalue weighted by Gasteiger charge is 2.26. The molecule has 1 aromatic heterocycles. The molecule has 22 heavy (non-hydrogen) atoms. The topological polar surface area (TPSA) is 33.2 Å². The molecule has 3 nitrogen and oxygen atoms in total. The molecule has 2 rings (SSSR count). The number of hydrogen-bond acceptors (Lipinski definition) is 3. The fraction of sp³-hybridized carbons (Fsp3) is 0.412. The van der Waals surface area contributed by atoms with E-state index in [0.29, 0.717) is 0 Å². The van der Waals surface area contributed by atoms with Crippen molar-refractivity contribution in [1.29, 1.82) is 0 Å². The fourth-order valence-corrected chi connectivity index (χ4v) is 2.81. The second-order valence-corrected chi connectivity index (χ2v) is 6.81. The number of benzene rings is 1. The van der Waals surface area contributed by atoms with Crippen molar-refractivity contribution >= 4 is 17.2 Å². The number of rotatable bonds is 5. The average Bonchev–Trinajstić information content (AvgIpc) is 2.95. The number of nitrogens with zero attached hydrogens (tertiary/aromatic N) is 2. The molecule has 0 saturated carbocycles. The molecule has 5 heteroatoms. The highest BCUT2D eigenvalue weighted by atomic mass is 32.1. The number of carbonyl (C=O) groups excluding carboxylic acids is 1. The van der Waals surface area contributed by atoms with Crippen LogP contribution in [0.5, 0.6) is 0 Å². The minimum atomic E-state index is -0.283. The van der Waals surface area contributed by atoms with E-state index in [-0.39, 0.29) is 23.7 Å². The van der Waals surface area contributed by atoms with Crippen LogP contribution in [0, 0.1) is 5.82 Å². The monoisotopic (exact) mass is 320 g/mol. The maximum absolute atomic E-state index is 13.3. The van der Waals surface area contributed by atoms with Gasteiger partial charge in [-0.05, 0) is 32.4 Å². The number of thiazole rings is 1. The van der Waals surface area contributed by atoms with Gasteiger partial charge in [0.05, 0.1) is 12.1 Å². The number of aromatic nitrogens is 1. The van der Waals surface area contributed by atoms with Gasteiger partial charge in [-0.1, -0.05) is 19.1 Å². The van der Waals surface area contributed by atoms with Gasteiger partial charge >= 0.3 is 0 Å². The highest BCUT2D eigenvalue weighted by Crippen LogP contribution is 2.25. The zero-order chi connectivity index (χ0) is 16.3. The molecule has 1 amide bonds. The Morgan fingerprint density at radius 1 is 1.41 bits per heavy atom. The molecular formula is C17H21FN2OS. The summed E-state index contributed by atoms with van der Waals surface area (Å²) in [6, 6.07) is 6.34.